The first-order chi connectivity index (χ1) is 10.1. The Balaban J connectivity index is 2.54. The van der Waals surface area contributed by atoms with E-state index in [4.69, 9.17) is 5.26 Å². The van der Waals surface area contributed by atoms with E-state index >= 15 is 0 Å². The predicted octanol–water partition coefficient (Wildman–Crippen LogP) is 3.45. The van der Waals surface area contributed by atoms with Gasteiger partial charge in [0.05, 0.1) is 17.7 Å². The van der Waals surface area contributed by atoms with E-state index in [-0.39, 0.29) is 0 Å². The minimum atomic E-state index is -0.469. The normalized spacial score (nSPS) is 13.4. The summed E-state index contributed by atoms with van der Waals surface area (Å²) in [6.45, 7) is 6.50. The summed E-state index contributed by atoms with van der Waals surface area (Å²) in [6.07, 6.45) is 6.04. The number of hydrogen-bond donors (Lipinski definition) is 1. The molecule has 112 valence electrons. The molecule has 0 aliphatic carbocycles. The van der Waals surface area contributed by atoms with Crippen LogP contribution in [0.25, 0.3) is 0 Å². The van der Waals surface area contributed by atoms with Crippen LogP contribution < -0.4 is 0 Å². The van der Waals surface area contributed by atoms with Gasteiger partial charge in [-0.05, 0) is 61.9 Å². The van der Waals surface area contributed by atoms with Gasteiger partial charge in [-0.1, -0.05) is 19.1 Å². The van der Waals surface area contributed by atoms with Gasteiger partial charge in [0.25, 0.3) is 0 Å². The molecule has 0 amide bonds. The van der Waals surface area contributed by atoms with Crippen molar-refractivity contribution in [3.63, 3.8) is 0 Å². The second kappa shape index (κ2) is 9.10. The van der Waals surface area contributed by atoms with Crippen molar-refractivity contribution in [2.24, 2.45) is 4.99 Å². The summed E-state index contributed by atoms with van der Waals surface area (Å²) in [6, 6.07) is 8.09. The highest BCUT2D eigenvalue weighted by Gasteiger charge is 2.03. The lowest BCUT2D eigenvalue weighted by Gasteiger charge is -2.07. The molecule has 0 spiro atoms. The Labute approximate surface area is 127 Å². The lowest BCUT2D eigenvalue weighted by molar-refractivity contribution is 0.238. The zero-order valence-corrected chi connectivity index (χ0v) is 13.1. The molecule has 0 bridgehead atoms. The van der Waals surface area contributed by atoms with Crippen molar-refractivity contribution in [3.8, 4) is 6.07 Å². The highest BCUT2D eigenvalue weighted by molar-refractivity contribution is 5.79. The zero-order chi connectivity index (χ0) is 15.7. The van der Waals surface area contributed by atoms with Crippen molar-refractivity contribution < 1.29 is 5.11 Å². The fourth-order valence-corrected chi connectivity index (χ4v) is 2.22. The Hall–Kier alpha value is -1.92. The average Bonchev–Trinajstić information content (AvgIpc) is 2.50. The van der Waals surface area contributed by atoms with E-state index in [2.05, 4.69) is 18.0 Å². The molecule has 1 N–H and O–H groups in total. The number of nitriles is 1. The maximum absolute atomic E-state index is 9.48. The molecule has 0 saturated carbocycles. The summed E-state index contributed by atoms with van der Waals surface area (Å²) in [5.74, 6) is 0. The number of aliphatic imine (C=N–C) groups is 1. The molecule has 1 rings (SSSR count). The number of aryl methyl sites for hydroxylation is 2. The molecule has 0 heterocycles. The van der Waals surface area contributed by atoms with Gasteiger partial charge in [0.1, 0.15) is 0 Å². The van der Waals surface area contributed by atoms with Crippen molar-refractivity contribution in [2.75, 3.05) is 6.54 Å². The van der Waals surface area contributed by atoms with Crippen LogP contribution >= 0.6 is 0 Å². The molecule has 1 aromatic carbocycles. The van der Waals surface area contributed by atoms with Gasteiger partial charge in [0, 0.05) is 12.8 Å². The van der Waals surface area contributed by atoms with Gasteiger partial charge in [-0.25, -0.2) is 0 Å². The third-order valence-electron chi connectivity index (χ3n) is 3.51. The number of aliphatic hydroxyl groups excluding tert-OH is 1. The van der Waals surface area contributed by atoms with Gasteiger partial charge < -0.3 is 5.11 Å². The van der Waals surface area contributed by atoms with Crippen LogP contribution in [0.15, 0.2) is 34.8 Å². The first-order valence-electron chi connectivity index (χ1n) is 7.48. The monoisotopic (exact) mass is 284 g/mol. The minimum Gasteiger partial charge on any atom is -0.389 e. The van der Waals surface area contributed by atoms with Crippen LogP contribution in [0.3, 0.4) is 0 Å². The van der Waals surface area contributed by atoms with Crippen molar-refractivity contribution in [1.29, 1.82) is 5.26 Å². The van der Waals surface area contributed by atoms with E-state index < -0.39 is 6.10 Å². The van der Waals surface area contributed by atoms with Crippen LogP contribution in [-0.2, 0) is 12.8 Å². The Kier molecular flexibility index (Phi) is 7.42. The topological polar surface area (TPSA) is 56.4 Å². The highest BCUT2D eigenvalue weighted by Crippen LogP contribution is 2.14. The van der Waals surface area contributed by atoms with Crippen LogP contribution in [0.5, 0.6) is 0 Å². The van der Waals surface area contributed by atoms with Gasteiger partial charge in [0.2, 0.25) is 0 Å². The molecule has 0 saturated heterocycles. The summed E-state index contributed by atoms with van der Waals surface area (Å²) in [7, 11) is 0. The molecule has 0 radical (unpaired) electrons. The van der Waals surface area contributed by atoms with Crippen LogP contribution in [-0.4, -0.2) is 24.0 Å². The van der Waals surface area contributed by atoms with Gasteiger partial charge >= 0.3 is 0 Å². The molecule has 21 heavy (non-hydrogen) atoms. The third kappa shape index (κ3) is 5.53. The van der Waals surface area contributed by atoms with E-state index in [1.54, 1.807) is 13.1 Å². The van der Waals surface area contributed by atoms with Gasteiger partial charge in [-0.3, -0.25) is 4.99 Å². The number of rotatable bonds is 7. The highest BCUT2D eigenvalue weighted by atomic mass is 16.3. The summed E-state index contributed by atoms with van der Waals surface area (Å²) in [5, 5.41) is 18.4. The van der Waals surface area contributed by atoms with Crippen LogP contribution in [0.1, 0.15) is 43.9 Å². The minimum absolute atomic E-state index is 0.469. The smallest absolute Gasteiger partial charge is 0.0991 e. The van der Waals surface area contributed by atoms with E-state index in [1.807, 2.05) is 31.2 Å². The second-order valence-corrected chi connectivity index (χ2v) is 5.05. The number of aliphatic hydroxyl groups is 1. The molecule has 1 atom stereocenters. The Morgan fingerprint density at radius 2 is 2.19 bits per heavy atom. The first-order valence-corrected chi connectivity index (χ1v) is 7.48. The fourth-order valence-electron chi connectivity index (χ4n) is 2.22. The average molecular weight is 284 g/mol. The molecule has 3 heteroatoms. The Morgan fingerprint density at radius 1 is 1.43 bits per heavy atom. The molecular weight excluding hydrogens is 260 g/mol. The van der Waals surface area contributed by atoms with Crippen LogP contribution in [0.2, 0.25) is 0 Å². The first kappa shape index (κ1) is 17.1. The molecular formula is C18H24N2O. The second-order valence-electron chi connectivity index (χ2n) is 5.05. The molecule has 0 aliphatic rings. The molecule has 0 aromatic heterocycles. The maximum atomic E-state index is 9.48. The molecule has 1 aromatic rings. The quantitative estimate of drug-likeness (QED) is 0.616. The molecule has 0 fully saturated rings. The van der Waals surface area contributed by atoms with E-state index in [0.717, 1.165) is 36.9 Å². The number of allylic oxidation sites excluding steroid dienone is 1. The molecule has 1 unspecified atom stereocenters. The Morgan fingerprint density at radius 3 is 2.76 bits per heavy atom. The van der Waals surface area contributed by atoms with E-state index in [9.17, 15) is 5.11 Å². The summed E-state index contributed by atoms with van der Waals surface area (Å²) in [4.78, 5) is 4.36. The van der Waals surface area contributed by atoms with E-state index in [1.165, 1.54) is 11.1 Å². The zero-order valence-electron chi connectivity index (χ0n) is 13.1. The Bertz CT molecular complexity index is 551. The van der Waals surface area contributed by atoms with E-state index in [0.29, 0.717) is 0 Å². The van der Waals surface area contributed by atoms with Gasteiger partial charge in [0.15, 0.2) is 0 Å². The largest absolute Gasteiger partial charge is 0.389 e. The van der Waals surface area contributed by atoms with Crippen molar-refractivity contribution >= 4 is 6.21 Å². The number of hydrogen-bond acceptors (Lipinski definition) is 3. The van der Waals surface area contributed by atoms with Gasteiger partial charge in [-0.2, -0.15) is 5.26 Å². The number of benzene rings is 1. The van der Waals surface area contributed by atoms with Crippen molar-refractivity contribution in [1.82, 2.24) is 0 Å². The fraction of sp³-hybridized carbons (Fsp3) is 0.444. The molecule has 3 nitrogen and oxygen atoms in total. The number of nitrogens with zero attached hydrogens (tertiary/aromatic N) is 2. The van der Waals surface area contributed by atoms with Crippen molar-refractivity contribution in [3.05, 3.63) is 46.5 Å². The van der Waals surface area contributed by atoms with Crippen molar-refractivity contribution in [2.45, 2.75) is 46.1 Å². The molecule has 0 aliphatic heterocycles. The lowest BCUT2D eigenvalue weighted by Crippen LogP contribution is -2.05. The summed E-state index contributed by atoms with van der Waals surface area (Å²) < 4.78 is 0. The summed E-state index contributed by atoms with van der Waals surface area (Å²) in [5.41, 5.74) is 4.12. The van der Waals surface area contributed by atoms with Crippen LogP contribution in [0.4, 0.5) is 0 Å². The maximum Gasteiger partial charge on any atom is 0.0991 e. The lowest BCUT2D eigenvalue weighted by atomic mass is 9.99. The van der Waals surface area contributed by atoms with Gasteiger partial charge in [-0.15, -0.1) is 0 Å². The third-order valence-corrected chi connectivity index (χ3v) is 3.51. The SMILES string of the molecule is C/C=C(\C=NCCCc1ccc(C#N)cc1CC)C(C)O. The summed E-state index contributed by atoms with van der Waals surface area (Å²) >= 11 is 0. The predicted molar refractivity (Wildman–Crippen MR) is 87.7 cm³/mol. The van der Waals surface area contributed by atoms with Crippen LogP contribution in [0, 0.1) is 11.3 Å². The standard InChI is InChI=1S/C18H24N2O/c1-4-16-11-15(12-19)8-9-18(16)7-6-10-20-13-17(5-2)14(3)21/h5,8-9,11,13-14,21H,4,6-7,10H2,1-3H3/b17-5+,20-13?.